The summed E-state index contributed by atoms with van der Waals surface area (Å²) >= 11 is 0. The minimum atomic E-state index is 0.430. The van der Waals surface area contributed by atoms with Gasteiger partial charge in [-0.3, -0.25) is 4.79 Å². The molecule has 0 aliphatic carbocycles. The molecule has 1 aromatic carbocycles. The Hall–Kier alpha value is -1.79. The lowest BCUT2D eigenvalue weighted by molar-refractivity contribution is -0.0285. The molecule has 0 saturated heterocycles. The van der Waals surface area contributed by atoms with Gasteiger partial charge in [-0.1, -0.05) is 39.0 Å². The first kappa shape index (κ1) is 49.2. The monoisotopic (exact) mass is 762 g/mol. The number of ether oxygens (including phenoxy) is 13. The van der Waals surface area contributed by atoms with Crippen molar-refractivity contribution in [1.29, 1.82) is 0 Å². The maximum atomic E-state index is 10.6. The smallest absolute Gasteiger partial charge is 0.150 e. The van der Waals surface area contributed by atoms with Gasteiger partial charge >= 0.3 is 0 Å². The van der Waals surface area contributed by atoms with Crippen LogP contribution in [0.15, 0.2) is 24.3 Å². The third kappa shape index (κ3) is 38.3. The highest BCUT2D eigenvalue weighted by Crippen LogP contribution is 2.10. The van der Waals surface area contributed by atoms with E-state index in [4.69, 9.17) is 61.6 Å². The van der Waals surface area contributed by atoms with E-state index in [1.165, 1.54) is 32.1 Å². The standard InChI is InChI=1S/C39H70O14/c1-2-3-4-5-6-7-12-41-13-14-42-15-16-43-17-18-44-19-20-45-21-22-46-23-24-47-25-26-48-27-28-49-29-30-50-31-32-51-33-34-52-35-36-53-39-10-8-38(37-40)9-11-39/h8-11,37H,2-7,12-36H2,1H3. The van der Waals surface area contributed by atoms with Gasteiger partial charge in [-0.2, -0.15) is 0 Å². The van der Waals surface area contributed by atoms with E-state index in [9.17, 15) is 4.79 Å². The lowest BCUT2D eigenvalue weighted by Crippen LogP contribution is -2.15. The molecule has 0 fully saturated rings. The van der Waals surface area contributed by atoms with Gasteiger partial charge in [0, 0.05) is 12.2 Å². The van der Waals surface area contributed by atoms with Gasteiger partial charge in [-0.25, -0.2) is 0 Å². The zero-order valence-corrected chi connectivity index (χ0v) is 32.5. The zero-order valence-electron chi connectivity index (χ0n) is 32.5. The SMILES string of the molecule is CCCCCCCCOCCOCCOCCOCCOCCOCCOCCOCCOCCOCCOCCOCCOc1ccc(C=O)cc1. The van der Waals surface area contributed by atoms with E-state index in [2.05, 4.69) is 6.92 Å². The van der Waals surface area contributed by atoms with Crippen LogP contribution in [0.2, 0.25) is 0 Å². The van der Waals surface area contributed by atoms with E-state index in [0.717, 1.165) is 19.3 Å². The lowest BCUT2D eigenvalue weighted by Gasteiger charge is -2.09. The van der Waals surface area contributed by atoms with Crippen molar-refractivity contribution in [3.05, 3.63) is 29.8 Å². The molecule has 14 nitrogen and oxygen atoms in total. The second-order valence-electron chi connectivity index (χ2n) is 11.7. The third-order valence-corrected chi connectivity index (χ3v) is 7.25. The molecule has 0 aliphatic rings. The van der Waals surface area contributed by atoms with Crippen LogP contribution in [0.25, 0.3) is 0 Å². The van der Waals surface area contributed by atoms with Crippen LogP contribution in [0.4, 0.5) is 0 Å². The van der Waals surface area contributed by atoms with Crippen molar-refractivity contribution in [2.24, 2.45) is 0 Å². The number of unbranched alkanes of at least 4 members (excludes halogenated alkanes) is 5. The van der Waals surface area contributed by atoms with E-state index in [1.54, 1.807) is 24.3 Å². The van der Waals surface area contributed by atoms with Gasteiger partial charge in [0.25, 0.3) is 0 Å². The summed E-state index contributed by atoms with van der Waals surface area (Å²) in [6.45, 7) is 15.4. The Bertz CT molecular complexity index is 848. The Labute approximate surface area is 318 Å². The third-order valence-electron chi connectivity index (χ3n) is 7.25. The van der Waals surface area contributed by atoms with Crippen LogP contribution in [-0.2, 0) is 56.8 Å². The molecule has 0 amide bonds. The summed E-state index contributed by atoms with van der Waals surface area (Å²) in [6, 6.07) is 6.94. The van der Waals surface area contributed by atoms with Crippen LogP contribution in [-0.4, -0.2) is 171 Å². The molecule has 0 atom stereocenters. The fourth-order valence-corrected chi connectivity index (χ4v) is 4.37. The van der Waals surface area contributed by atoms with E-state index < -0.39 is 0 Å². The largest absolute Gasteiger partial charge is 0.491 e. The van der Waals surface area contributed by atoms with Crippen LogP contribution in [0.3, 0.4) is 0 Å². The van der Waals surface area contributed by atoms with Crippen LogP contribution in [0, 0.1) is 0 Å². The molecule has 14 heteroatoms. The van der Waals surface area contributed by atoms with E-state index in [-0.39, 0.29) is 0 Å². The molecule has 0 radical (unpaired) electrons. The average Bonchev–Trinajstić information content (AvgIpc) is 3.18. The van der Waals surface area contributed by atoms with Crippen molar-refractivity contribution >= 4 is 6.29 Å². The van der Waals surface area contributed by atoms with Gasteiger partial charge in [0.1, 0.15) is 18.6 Å². The lowest BCUT2D eigenvalue weighted by atomic mass is 10.1. The number of benzene rings is 1. The van der Waals surface area contributed by atoms with Crippen molar-refractivity contribution in [3.63, 3.8) is 0 Å². The average molecular weight is 763 g/mol. The first-order valence-electron chi connectivity index (χ1n) is 19.5. The summed E-state index contributed by atoms with van der Waals surface area (Å²) in [5, 5.41) is 0. The Morgan fingerprint density at radius 1 is 0.340 bits per heavy atom. The molecule has 0 N–H and O–H groups in total. The van der Waals surface area contributed by atoms with Crippen LogP contribution < -0.4 is 4.74 Å². The molecule has 0 spiro atoms. The fourth-order valence-electron chi connectivity index (χ4n) is 4.37. The molecule has 0 heterocycles. The van der Waals surface area contributed by atoms with Crippen molar-refractivity contribution in [2.75, 3.05) is 165 Å². The second-order valence-corrected chi connectivity index (χ2v) is 11.7. The van der Waals surface area contributed by atoms with Crippen molar-refractivity contribution in [1.82, 2.24) is 0 Å². The summed E-state index contributed by atoms with van der Waals surface area (Å²) in [6.07, 6.45) is 8.46. The van der Waals surface area contributed by atoms with Gasteiger partial charge in [-0.05, 0) is 30.7 Å². The first-order valence-corrected chi connectivity index (χ1v) is 19.5. The first-order chi connectivity index (χ1) is 26.4. The molecule has 0 saturated carbocycles. The molecule has 53 heavy (non-hydrogen) atoms. The minimum Gasteiger partial charge on any atom is -0.491 e. The minimum absolute atomic E-state index is 0.430. The summed E-state index contributed by atoms with van der Waals surface area (Å²) in [5.74, 6) is 0.704. The maximum Gasteiger partial charge on any atom is 0.150 e. The molecule has 0 unspecified atom stereocenters. The number of hydrogen-bond donors (Lipinski definition) is 0. The van der Waals surface area contributed by atoms with Crippen LogP contribution in [0.1, 0.15) is 55.8 Å². The van der Waals surface area contributed by atoms with E-state index >= 15 is 0 Å². The number of carbonyl (C=O) groups excluding carboxylic acids is 1. The number of aldehydes is 1. The van der Waals surface area contributed by atoms with Crippen molar-refractivity contribution in [3.8, 4) is 5.75 Å². The summed E-state index contributed by atoms with van der Waals surface area (Å²) < 4.78 is 71.6. The van der Waals surface area contributed by atoms with Gasteiger partial charge in [0.2, 0.25) is 0 Å². The van der Waals surface area contributed by atoms with Gasteiger partial charge in [0.05, 0.1) is 152 Å². The van der Waals surface area contributed by atoms with E-state index in [0.29, 0.717) is 170 Å². The van der Waals surface area contributed by atoms with Gasteiger partial charge in [0.15, 0.2) is 0 Å². The fraction of sp³-hybridized carbons (Fsp3) is 0.821. The van der Waals surface area contributed by atoms with Crippen LogP contribution in [0.5, 0.6) is 5.75 Å². The molecule has 310 valence electrons. The summed E-state index contributed by atoms with van der Waals surface area (Å²) in [7, 11) is 0. The number of carbonyl (C=O) groups is 1. The van der Waals surface area contributed by atoms with Crippen molar-refractivity contribution < 1.29 is 66.4 Å². The Balaban J connectivity index is 1.62. The summed E-state index contributed by atoms with van der Waals surface area (Å²) in [5.41, 5.74) is 0.618. The number of hydrogen-bond acceptors (Lipinski definition) is 14. The van der Waals surface area contributed by atoms with Crippen molar-refractivity contribution in [2.45, 2.75) is 45.4 Å². The molecule has 0 bridgehead atoms. The Morgan fingerprint density at radius 2 is 0.604 bits per heavy atom. The zero-order chi connectivity index (χ0) is 37.8. The van der Waals surface area contributed by atoms with Gasteiger partial charge < -0.3 is 61.6 Å². The quantitative estimate of drug-likeness (QED) is 0.0684. The molecule has 1 aromatic rings. The predicted octanol–water partition coefficient (Wildman–Crippen LogP) is 4.44. The number of rotatable bonds is 45. The highest BCUT2D eigenvalue weighted by atomic mass is 16.6. The normalized spacial score (nSPS) is 11.4. The van der Waals surface area contributed by atoms with Gasteiger partial charge in [-0.15, -0.1) is 0 Å². The van der Waals surface area contributed by atoms with E-state index in [1.807, 2.05) is 0 Å². The molecular formula is C39H70O14. The Morgan fingerprint density at radius 3 is 0.906 bits per heavy atom. The highest BCUT2D eigenvalue weighted by molar-refractivity contribution is 5.74. The predicted molar refractivity (Wildman–Crippen MR) is 201 cm³/mol. The molecular weight excluding hydrogens is 692 g/mol. The molecule has 0 aliphatic heterocycles. The molecule has 0 aromatic heterocycles. The van der Waals surface area contributed by atoms with Crippen LogP contribution >= 0.6 is 0 Å². The topological polar surface area (TPSA) is 137 Å². The molecule has 1 rings (SSSR count). The Kier molecular flexibility index (Phi) is 39.9. The maximum absolute atomic E-state index is 10.6. The summed E-state index contributed by atoms with van der Waals surface area (Å²) in [4.78, 5) is 10.6. The highest BCUT2D eigenvalue weighted by Gasteiger charge is 1.98. The second kappa shape index (κ2) is 42.9.